The molecular weight excluding hydrogens is 332 g/mol. The van der Waals surface area contributed by atoms with Gasteiger partial charge in [0, 0.05) is 18.4 Å². The first-order valence-corrected chi connectivity index (χ1v) is 8.81. The quantitative estimate of drug-likeness (QED) is 0.800. The maximum atomic E-state index is 12.1. The summed E-state index contributed by atoms with van der Waals surface area (Å²) in [7, 11) is 0. The molecule has 0 fully saturated rings. The average Bonchev–Trinajstić information content (AvgIpc) is 2.75. The summed E-state index contributed by atoms with van der Waals surface area (Å²) in [5.41, 5.74) is 2.16. The SMILES string of the molecule is Cc1nc(SCC(=O)Nc2ccc(Cl)cn2)n(CC(C)C)c1C. The van der Waals surface area contributed by atoms with Crippen LogP contribution in [-0.2, 0) is 11.3 Å². The highest BCUT2D eigenvalue weighted by atomic mass is 35.5. The van der Waals surface area contributed by atoms with Crippen molar-refractivity contribution in [2.75, 3.05) is 11.1 Å². The highest BCUT2D eigenvalue weighted by Crippen LogP contribution is 2.22. The summed E-state index contributed by atoms with van der Waals surface area (Å²) in [6.07, 6.45) is 1.51. The predicted molar refractivity (Wildman–Crippen MR) is 95.1 cm³/mol. The molecule has 1 amide bonds. The van der Waals surface area contributed by atoms with E-state index in [4.69, 9.17) is 11.6 Å². The maximum Gasteiger partial charge on any atom is 0.236 e. The third-order valence-electron chi connectivity index (χ3n) is 3.30. The summed E-state index contributed by atoms with van der Waals surface area (Å²) < 4.78 is 2.18. The zero-order valence-corrected chi connectivity index (χ0v) is 15.3. The Morgan fingerprint density at radius 1 is 1.39 bits per heavy atom. The molecule has 2 rings (SSSR count). The lowest BCUT2D eigenvalue weighted by molar-refractivity contribution is -0.113. The fourth-order valence-electron chi connectivity index (χ4n) is 2.07. The van der Waals surface area contributed by atoms with Crippen LogP contribution >= 0.6 is 23.4 Å². The average molecular weight is 353 g/mol. The molecule has 0 aliphatic rings. The lowest BCUT2D eigenvalue weighted by atomic mass is 10.2. The number of aromatic nitrogens is 3. The van der Waals surface area contributed by atoms with Gasteiger partial charge in [-0.05, 0) is 31.9 Å². The Balaban J connectivity index is 1.98. The van der Waals surface area contributed by atoms with Crippen LogP contribution in [0.1, 0.15) is 25.2 Å². The van der Waals surface area contributed by atoms with E-state index in [1.807, 2.05) is 6.92 Å². The minimum atomic E-state index is -0.112. The molecule has 2 heterocycles. The molecule has 2 aromatic heterocycles. The number of carbonyl (C=O) groups is 1. The lowest BCUT2D eigenvalue weighted by Gasteiger charge is -2.12. The van der Waals surface area contributed by atoms with E-state index >= 15 is 0 Å². The fraction of sp³-hybridized carbons (Fsp3) is 0.438. The molecule has 2 aromatic rings. The molecule has 5 nitrogen and oxygen atoms in total. The molecule has 23 heavy (non-hydrogen) atoms. The minimum Gasteiger partial charge on any atom is -0.323 e. The molecule has 0 aliphatic heterocycles. The molecule has 0 bridgehead atoms. The number of imidazole rings is 1. The van der Waals surface area contributed by atoms with Gasteiger partial charge in [-0.2, -0.15) is 0 Å². The van der Waals surface area contributed by atoms with Crippen molar-refractivity contribution in [3.8, 4) is 0 Å². The minimum absolute atomic E-state index is 0.112. The molecule has 0 saturated heterocycles. The predicted octanol–water partition coefficient (Wildman–Crippen LogP) is 3.94. The third-order valence-corrected chi connectivity index (χ3v) is 4.50. The summed E-state index contributed by atoms with van der Waals surface area (Å²) in [5, 5.41) is 4.18. The Bertz CT molecular complexity index is 682. The largest absolute Gasteiger partial charge is 0.323 e. The number of carbonyl (C=O) groups excluding carboxylic acids is 1. The number of pyridine rings is 1. The summed E-state index contributed by atoms with van der Waals surface area (Å²) in [5.74, 6) is 1.20. The molecule has 0 aromatic carbocycles. The Kier molecular flexibility index (Phi) is 6.07. The van der Waals surface area contributed by atoms with Crippen molar-refractivity contribution < 1.29 is 4.79 Å². The lowest BCUT2D eigenvalue weighted by Crippen LogP contribution is -2.16. The van der Waals surface area contributed by atoms with Gasteiger partial charge in [0.1, 0.15) is 5.82 Å². The second-order valence-electron chi connectivity index (χ2n) is 5.77. The van der Waals surface area contributed by atoms with Crippen LogP contribution in [0.4, 0.5) is 5.82 Å². The van der Waals surface area contributed by atoms with E-state index in [0.29, 0.717) is 16.8 Å². The normalized spacial score (nSPS) is 11.0. The van der Waals surface area contributed by atoms with Gasteiger partial charge in [-0.1, -0.05) is 37.2 Å². The van der Waals surface area contributed by atoms with E-state index < -0.39 is 0 Å². The van der Waals surface area contributed by atoms with E-state index in [9.17, 15) is 4.79 Å². The van der Waals surface area contributed by atoms with E-state index in [-0.39, 0.29) is 11.7 Å². The monoisotopic (exact) mass is 352 g/mol. The number of amides is 1. The number of thioether (sulfide) groups is 1. The number of rotatable bonds is 6. The second-order valence-corrected chi connectivity index (χ2v) is 7.15. The van der Waals surface area contributed by atoms with Crippen LogP contribution in [0.15, 0.2) is 23.5 Å². The molecule has 0 radical (unpaired) electrons. The molecular formula is C16H21ClN4OS. The number of hydrogen-bond donors (Lipinski definition) is 1. The van der Waals surface area contributed by atoms with Gasteiger partial charge >= 0.3 is 0 Å². The van der Waals surface area contributed by atoms with E-state index in [1.54, 1.807) is 12.1 Å². The number of halogens is 1. The van der Waals surface area contributed by atoms with Gasteiger partial charge in [0.2, 0.25) is 5.91 Å². The van der Waals surface area contributed by atoms with Crippen LogP contribution in [-0.4, -0.2) is 26.2 Å². The van der Waals surface area contributed by atoms with E-state index in [1.165, 1.54) is 18.0 Å². The van der Waals surface area contributed by atoms with Crippen molar-refractivity contribution in [3.05, 3.63) is 34.7 Å². The Hall–Kier alpha value is -1.53. The van der Waals surface area contributed by atoms with Crippen LogP contribution in [0.2, 0.25) is 5.02 Å². The van der Waals surface area contributed by atoms with Crippen LogP contribution in [0, 0.1) is 19.8 Å². The van der Waals surface area contributed by atoms with Crippen molar-refractivity contribution in [3.63, 3.8) is 0 Å². The summed E-state index contributed by atoms with van der Waals surface area (Å²) in [4.78, 5) is 20.7. The molecule has 0 atom stereocenters. The fourth-order valence-corrected chi connectivity index (χ4v) is 3.09. The highest BCUT2D eigenvalue weighted by molar-refractivity contribution is 7.99. The zero-order valence-electron chi connectivity index (χ0n) is 13.8. The van der Waals surface area contributed by atoms with Gasteiger partial charge in [-0.15, -0.1) is 0 Å². The van der Waals surface area contributed by atoms with Crippen molar-refractivity contribution in [2.45, 2.75) is 39.4 Å². The van der Waals surface area contributed by atoms with Gasteiger partial charge < -0.3 is 9.88 Å². The van der Waals surface area contributed by atoms with Crippen LogP contribution < -0.4 is 5.32 Å². The molecule has 0 unspecified atom stereocenters. The highest BCUT2D eigenvalue weighted by Gasteiger charge is 2.14. The first-order valence-electron chi connectivity index (χ1n) is 7.44. The molecule has 0 saturated carbocycles. The summed E-state index contributed by atoms with van der Waals surface area (Å²) in [6, 6.07) is 3.37. The first kappa shape index (κ1) is 17.8. The van der Waals surface area contributed by atoms with Gasteiger partial charge in [0.05, 0.1) is 16.5 Å². The van der Waals surface area contributed by atoms with Gasteiger partial charge in [-0.25, -0.2) is 9.97 Å². The number of hydrogen-bond acceptors (Lipinski definition) is 4. The molecule has 7 heteroatoms. The number of anilines is 1. The Morgan fingerprint density at radius 2 is 2.13 bits per heavy atom. The van der Waals surface area contributed by atoms with E-state index in [2.05, 4.69) is 40.6 Å². The van der Waals surface area contributed by atoms with Crippen molar-refractivity contribution in [1.82, 2.24) is 14.5 Å². The number of nitrogens with one attached hydrogen (secondary N) is 1. The molecule has 0 aliphatic carbocycles. The second kappa shape index (κ2) is 7.84. The van der Waals surface area contributed by atoms with E-state index in [0.717, 1.165) is 23.1 Å². The van der Waals surface area contributed by atoms with Crippen molar-refractivity contribution in [1.29, 1.82) is 0 Å². The Labute approximate surface area is 145 Å². The maximum absolute atomic E-state index is 12.1. The van der Waals surface area contributed by atoms with Crippen LogP contribution in [0.3, 0.4) is 0 Å². The third kappa shape index (κ3) is 4.97. The molecule has 0 spiro atoms. The Morgan fingerprint density at radius 3 is 2.74 bits per heavy atom. The molecule has 124 valence electrons. The smallest absolute Gasteiger partial charge is 0.236 e. The first-order chi connectivity index (χ1) is 10.9. The summed E-state index contributed by atoms with van der Waals surface area (Å²) in [6.45, 7) is 9.29. The molecule has 1 N–H and O–H groups in total. The van der Waals surface area contributed by atoms with Gasteiger partial charge in [-0.3, -0.25) is 4.79 Å². The van der Waals surface area contributed by atoms with Crippen LogP contribution in [0.5, 0.6) is 0 Å². The zero-order chi connectivity index (χ0) is 17.0. The van der Waals surface area contributed by atoms with Gasteiger partial charge in [0.15, 0.2) is 5.16 Å². The van der Waals surface area contributed by atoms with Crippen molar-refractivity contribution >= 4 is 35.1 Å². The van der Waals surface area contributed by atoms with Crippen molar-refractivity contribution in [2.24, 2.45) is 5.92 Å². The standard InChI is InChI=1S/C16H21ClN4OS/c1-10(2)8-21-12(4)11(3)19-16(21)23-9-15(22)20-14-6-5-13(17)7-18-14/h5-7,10H,8-9H2,1-4H3,(H,18,20,22). The van der Waals surface area contributed by atoms with Crippen LogP contribution in [0.25, 0.3) is 0 Å². The summed E-state index contributed by atoms with van der Waals surface area (Å²) >= 11 is 7.22. The van der Waals surface area contributed by atoms with Gasteiger partial charge in [0.25, 0.3) is 0 Å². The number of nitrogens with zero attached hydrogens (tertiary/aromatic N) is 3. The number of aryl methyl sites for hydroxylation is 1. The topological polar surface area (TPSA) is 59.8 Å².